The minimum Gasteiger partial charge on any atom is -0.374 e. The molecule has 1 atom stereocenters. The van der Waals surface area contributed by atoms with Crippen LogP contribution in [0.1, 0.15) is 37.0 Å². The Morgan fingerprint density at radius 3 is 2.64 bits per heavy atom. The average Bonchev–Trinajstić information content (AvgIpc) is 2.16. The highest BCUT2D eigenvalue weighted by molar-refractivity contribution is 5.16. The van der Waals surface area contributed by atoms with Crippen molar-refractivity contribution in [2.24, 2.45) is 0 Å². The molecule has 0 saturated carbocycles. The first kappa shape index (κ1) is 10.9. The Hall–Kier alpha value is -1.16. The summed E-state index contributed by atoms with van der Waals surface area (Å²) in [4.78, 5) is 18.6. The van der Waals surface area contributed by atoms with E-state index in [0.29, 0.717) is 12.2 Å². The Morgan fingerprint density at radius 1 is 1.57 bits per heavy atom. The zero-order chi connectivity index (χ0) is 10.7. The van der Waals surface area contributed by atoms with E-state index in [2.05, 4.69) is 9.97 Å². The number of rotatable bonds is 3. The van der Waals surface area contributed by atoms with Gasteiger partial charge in [-0.3, -0.25) is 4.79 Å². The summed E-state index contributed by atoms with van der Waals surface area (Å²) in [5, 5.41) is 0. The van der Waals surface area contributed by atoms with E-state index in [4.69, 9.17) is 4.74 Å². The van der Waals surface area contributed by atoms with Crippen molar-refractivity contribution in [3.8, 4) is 0 Å². The van der Waals surface area contributed by atoms with E-state index in [9.17, 15) is 4.79 Å². The molecule has 0 spiro atoms. The lowest BCUT2D eigenvalue weighted by atomic mass is 10.2. The number of nitrogens with zero attached hydrogens (tertiary/aromatic N) is 1. The molecule has 1 rings (SSSR count). The average molecular weight is 196 g/mol. The van der Waals surface area contributed by atoms with Crippen LogP contribution in [0.25, 0.3) is 0 Å². The molecule has 0 aliphatic heterocycles. The summed E-state index contributed by atoms with van der Waals surface area (Å²) in [5.74, 6) is 0.590. The molecule has 1 N–H and O–H groups in total. The fourth-order valence-electron chi connectivity index (χ4n) is 1.35. The van der Waals surface area contributed by atoms with Gasteiger partial charge in [0.15, 0.2) is 0 Å². The van der Waals surface area contributed by atoms with Gasteiger partial charge in [-0.2, -0.15) is 0 Å². The minimum absolute atomic E-state index is 0.0566. The standard InChI is InChI=1S/C10H16N2O2/c1-5-8-6(2)11-9(7(3)14-4)12-10(8)13/h7H,5H2,1-4H3,(H,11,12,13). The topological polar surface area (TPSA) is 55.0 Å². The third-order valence-corrected chi connectivity index (χ3v) is 2.33. The summed E-state index contributed by atoms with van der Waals surface area (Å²) in [7, 11) is 1.59. The fourth-order valence-corrected chi connectivity index (χ4v) is 1.35. The van der Waals surface area contributed by atoms with E-state index in [0.717, 1.165) is 11.3 Å². The molecule has 0 radical (unpaired) electrons. The van der Waals surface area contributed by atoms with Gasteiger partial charge in [0.2, 0.25) is 0 Å². The van der Waals surface area contributed by atoms with Crippen LogP contribution in [0.5, 0.6) is 0 Å². The second-order valence-corrected chi connectivity index (χ2v) is 3.25. The van der Waals surface area contributed by atoms with Gasteiger partial charge in [0, 0.05) is 18.4 Å². The molecule has 0 fully saturated rings. The summed E-state index contributed by atoms with van der Waals surface area (Å²) in [6.07, 6.45) is 0.530. The Kier molecular flexibility index (Phi) is 3.41. The zero-order valence-electron chi connectivity index (χ0n) is 9.05. The first-order valence-corrected chi connectivity index (χ1v) is 4.72. The van der Waals surface area contributed by atoms with Crippen molar-refractivity contribution in [3.05, 3.63) is 27.4 Å². The van der Waals surface area contributed by atoms with Gasteiger partial charge in [0.25, 0.3) is 5.56 Å². The van der Waals surface area contributed by atoms with Crippen molar-refractivity contribution < 1.29 is 4.74 Å². The minimum atomic E-state index is -0.174. The van der Waals surface area contributed by atoms with Crippen LogP contribution in [0.4, 0.5) is 0 Å². The predicted molar refractivity (Wildman–Crippen MR) is 54.4 cm³/mol. The Morgan fingerprint density at radius 2 is 2.21 bits per heavy atom. The molecule has 1 unspecified atom stereocenters. The lowest BCUT2D eigenvalue weighted by molar-refractivity contribution is 0.111. The molecule has 14 heavy (non-hydrogen) atoms. The van der Waals surface area contributed by atoms with Crippen LogP contribution in [0.15, 0.2) is 4.79 Å². The van der Waals surface area contributed by atoms with E-state index in [-0.39, 0.29) is 11.7 Å². The molecule has 78 valence electrons. The smallest absolute Gasteiger partial charge is 0.254 e. The molecule has 0 bridgehead atoms. The van der Waals surface area contributed by atoms with Gasteiger partial charge in [-0.05, 0) is 20.3 Å². The molecule has 0 amide bonds. The quantitative estimate of drug-likeness (QED) is 0.793. The molecule has 0 aromatic carbocycles. The van der Waals surface area contributed by atoms with Crippen LogP contribution < -0.4 is 5.56 Å². The number of ether oxygens (including phenoxy) is 1. The molecule has 4 nitrogen and oxygen atoms in total. The molecule has 1 aromatic rings. The van der Waals surface area contributed by atoms with Crippen molar-refractivity contribution >= 4 is 0 Å². The molecular weight excluding hydrogens is 180 g/mol. The number of aryl methyl sites for hydroxylation is 1. The molecule has 1 heterocycles. The number of hydrogen-bond donors (Lipinski definition) is 1. The SMILES string of the molecule is CCc1c(C)nc(C(C)OC)[nH]c1=O. The normalized spacial score (nSPS) is 12.9. The fraction of sp³-hybridized carbons (Fsp3) is 0.600. The maximum atomic E-state index is 11.6. The lowest BCUT2D eigenvalue weighted by Crippen LogP contribution is -2.20. The van der Waals surface area contributed by atoms with Crippen LogP contribution in [0, 0.1) is 6.92 Å². The van der Waals surface area contributed by atoms with E-state index >= 15 is 0 Å². The van der Waals surface area contributed by atoms with Gasteiger partial charge in [-0.1, -0.05) is 6.92 Å². The third kappa shape index (κ3) is 2.01. The van der Waals surface area contributed by atoms with Crippen LogP contribution in [0.2, 0.25) is 0 Å². The molecule has 0 aliphatic carbocycles. The molecule has 0 saturated heterocycles. The van der Waals surface area contributed by atoms with Crippen molar-refractivity contribution in [1.29, 1.82) is 0 Å². The van der Waals surface area contributed by atoms with Gasteiger partial charge in [0.1, 0.15) is 11.9 Å². The maximum Gasteiger partial charge on any atom is 0.254 e. The van der Waals surface area contributed by atoms with Gasteiger partial charge < -0.3 is 9.72 Å². The van der Waals surface area contributed by atoms with Crippen molar-refractivity contribution in [3.63, 3.8) is 0 Å². The van der Waals surface area contributed by atoms with Gasteiger partial charge >= 0.3 is 0 Å². The highest BCUT2D eigenvalue weighted by Crippen LogP contribution is 2.10. The van der Waals surface area contributed by atoms with Crippen molar-refractivity contribution in [2.75, 3.05) is 7.11 Å². The van der Waals surface area contributed by atoms with Gasteiger partial charge in [-0.25, -0.2) is 4.98 Å². The number of hydrogen-bond acceptors (Lipinski definition) is 3. The molecule has 4 heteroatoms. The monoisotopic (exact) mass is 196 g/mol. The maximum absolute atomic E-state index is 11.6. The van der Waals surface area contributed by atoms with Crippen molar-refractivity contribution in [1.82, 2.24) is 9.97 Å². The number of H-pyrrole nitrogens is 1. The Balaban J connectivity index is 3.21. The highest BCUT2D eigenvalue weighted by Gasteiger charge is 2.10. The summed E-state index contributed by atoms with van der Waals surface area (Å²) >= 11 is 0. The summed E-state index contributed by atoms with van der Waals surface area (Å²) in [5.41, 5.74) is 1.48. The zero-order valence-corrected chi connectivity index (χ0v) is 9.05. The predicted octanol–water partition coefficient (Wildman–Crippen LogP) is 1.35. The van der Waals surface area contributed by atoms with Crippen LogP contribution in [-0.4, -0.2) is 17.1 Å². The Bertz CT molecular complexity index is 371. The first-order valence-electron chi connectivity index (χ1n) is 4.72. The number of methoxy groups -OCH3 is 1. The van der Waals surface area contributed by atoms with Gasteiger partial charge in [0.05, 0.1) is 0 Å². The van der Waals surface area contributed by atoms with E-state index in [1.165, 1.54) is 0 Å². The largest absolute Gasteiger partial charge is 0.374 e. The molecule has 1 aromatic heterocycles. The van der Waals surface area contributed by atoms with Gasteiger partial charge in [-0.15, -0.1) is 0 Å². The number of nitrogens with one attached hydrogen (secondary N) is 1. The summed E-state index contributed by atoms with van der Waals surface area (Å²) < 4.78 is 5.09. The first-order chi connectivity index (χ1) is 6.60. The van der Waals surface area contributed by atoms with Crippen LogP contribution >= 0.6 is 0 Å². The lowest BCUT2D eigenvalue weighted by Gasteiger charge is -2.10. The van der Waals surface area contributed by atoms with E-state index in [1.54, 1.807) is 7.11 Å². The molecular formula is C10H16N2O2. The van der Waals surface area contributed by atoms with Crippen molar-refractivity contribution in [2.45, 2.75) is 33.3 Å². The van der Waals surface area contributed by atoms with Crippen LogP contribution in [-0.2, 0) is 11.2 Å². The number of aromatic amines is 1. The highest BCUT2D eigenvalue weighted by atomic mass is 16.5. The van der Waals surface area contributed by atoms with Crippen LogP contribution in [0.3, 0.4) is 0 Å². The summed E-state index contributed by atoms with van der Waals surface area (Å²) in [6.45, 7) is 5.64. The Labute approximate surface area is 83.3 Å². The number of aromatic nitrogens is 2. The van der Waals surface area contributed by atoms with E-state index in [1.807, 2.05) is 20.8 Å². The second-order valence-electron chi connectivity index (χ2n) is 3.25. The molecule has 0 aliphatic rings. The third-order valence-electron chi connectivity index (χ3n) is 2.33. The van der Waals surface area contributed by atoms with E-state index < -0.39 is 0 Å². The second kappa shape index (κ2) is 4.37. The summed E-state index contributed by atoms with van der Waals surface area (Å²) in [6, 6.07) is 0.